The fourth-order valence-corrected chi connectivity index (χ4v) is 2.19. The Hall–Kier alpha value is -1.37. The topological polar surface area (TPSA) is 42.2 Å². The molecule has 2 rings (SSSR count). The van der Waals surface area contributed by atoms with Gasteiger partial charge in [0, 0.05) is 6.61 Å². The van der Waals surface area contributed by atoms with Crippen LogP contribution in [-0.2, 0) is 22.5 Å². The van der Waals surface area contributed by atoms with Gasteiger partial charge in [-0.1, -0.05) is 13.0 Å². The van der Waals surface area contributed by atoms with Gasteiger partial charge >= 0.3 is 0 Å². The second-order valence-corrected chi connectivity index (χ2v) is 4.56. The van der Waals surface area contributed by atoms with Crippen molar-refractivity contribution in [3.05, 3.63) is 34.9 Å². The van der Waals surface area contributed by atoms with Crippen molar-refractivity contribution in [3.8, 4) is 6.07 Å². The fourth-order valence-electron chi connectivity index (χ4n) is 2.19. The van der Waals surface area contributed by atoms with Crippen molar-refractivity contribution in [3.63, 3.8) is 0 Å². The number of rotatable bonds is 4. The minimum atomic E-state index is -0.0564. The Bertz CT molecular complexity index is 431. The Morgan fingerprint density at radius 3 is 2.94 bits per heavy atom. The van der Waals surface area contributed by atoms with E-state index in [9.17, 15) is 0 Å². The second-order valence-electron chi connectivity index (χ2n) is 4.56. The van der Waals surface area contributed by atoms with Crippen LogP contribution in [0.2, 0.25) is 0 Å². The van der Waals surface area contributed by atoms with Gasteiger partial charge in [-0.05, 0) is 48.9 Å². The SMILES string of the molecule is CCc1cc(C#N)ccc1COC1CCCCO1. The van der Waals surface area contributed by atoms with Crippen LogP contribution in [0.25, 0.3) is 0 Å². The summed E-state index contributed by atoms with van der Waals surface area (Å²) in [6.07, 6.45) is 4.16. The Labute approximate surface area is 108 Å². The van der Waals surface area contributed by atoms with Crippen LogP contribution in [0.1, 0.15) is 42.9 Å². The lowest BCUT2D eigenvalue weighted by Crippen LogP contribution is -2.22. The predicted molar refractivity (Wildman–Crippen MR) is 68.9 cm³/mol. The lowest BCUT2D eigenvalue weighted by molar-refractivity contribution is -0.169. The van der Waals surface area contributed by atoms with Gasteiger partial charge in [-0.15, -0.1) is 0 Å². The minimum Gasteiger partial charge on any atom is -0.353 e. The highest BCUT2D eigenvalue weighted by molar-refractivity contribution is 5.37. The molecule has 0 radical (unpaired) electrons. The maximum absolute atomic E-state index is 8.88. The highest BCUT2D eigenvalue weighted by Crippen LogP contribution is 2.18. The number of nitriles is 1. The number of hydrogen-bond donors (Lipinski definition) is 0. The smallest absolute Gasteiger partial charge is 0.158 e. The van der Waals surface area contributed by atoms with Gasteiger partial charge in [0.25, 0.3) is 0 Å². The van der Waals surface area contributed by atoms with E-state index in [1.54, 1.807) is 0 Å². The molecule has 1 aromatic carbocycles. The van der Waals surface area contributed by atoms with Crippen LogP contribution in [0.4, 0.5) is 0 Å². The number of ether oxygens (including phenoxy) is 2. The van der Waals surface area contributed by atoms with E-state index < -0.39 is 0 Å². The summed E-state index contributed by atoms with van der Waals surface area (Å²) in [5, 5.41) is 8.88. The molecule has 0 bridgehead atoms. The summed E-state index contributed by atoms with van der Waals surface area (Å²) >= 11 is 0. The standard InChI is InChI=1S/C15H19NO2/c1-2-13-9-12(10-16)6-7-14(13)11-18-15-5-3-4-8-17-15/h6-7,9,15H,2-5,8,11H2,1H3. The highest BCUT2D eigenvalue weighted by Gasteiger charge is 2.14. The molecular weight excluding hydrogens is 226 g/mol. The molecule has 0 N–H and O–H groups in total. The van der Waals surface area contributed by atoms with E-state index in [-0.39, 0.29) is 6.29 Å². The van der Waals surface area contributed by atoms with E-state index in [0.717, 1.165) is 31.4 Å². The molecule has 1 atom stereocenters. The number of aryl methyl sites for hydroxylation is 1. The molecule has 1 fully saturated rings. The average Bonchev–Trinajstić information content (AvgIpc) is 2.46. The van der Waals surface area contributed by atoms with E-state index >= 15 is 0 Å². The van der Waals surface area contributed by atoms with Gasteiger partial charge in [0.1, 0.15) is 0 Å². The van der Waals surface area contributed by atoms with Crippen molar-refractivity contribution in [2.24, 2.45) is 0 Å². The zero-order chi connectivity index (χ0) is 12.8. The Morgan fingerprint density at radius 1 is 1.39 bits per heavy atom. The average molecular weight is 245 g/mol. The first-order valence-corrected chi connectivity index (χ1v) is 6.58. The van der Waals surface area contributed by atoms with Gasteiger partial charge in [0.15, 0.2) is 6.29 Å². The summed E-state index contributed by atoms with van der Waals surface area (Å²) in [6.45, 7) is 3.47. The van der Waals surface area contributed by atoms with E-state index in [1.165, 1.54) is 12.0 Å². The number of hydrogen-bond acceptors (Lipinski definition) is 3. The van der Waals surface area contributed by atoms with Crippen molar-refractivity contribution in [2.45, 2.75) is 45.5 Å². The quantitative estimate of drug-likeness (QED) is 0.818. The van der Waals surface area contributed by atoms with Crippen molar-refractivity contribution < 1.29 is 9.47 Å². The third-order valence-corrected chi connectivity index (χ3v) is 3.28. The summed E-state index contributed by atoms with van der Waals surface area (Å²) in [5.41, 5.74) is 3.06. The van der Waals surface area contributed by atoms with Crippen LogP contribution in [0.3, 0.4) is 0 Å². The van der Waals surface area contributed by atoms with Crippen molar-refractivity contribution in [1.82, 2.24) is 0 Å². The molecule has 0 amide bonds. The molecule has 18 heavy (non-hydrogen) atoms. The lowest BCUT2D eigenvalue weighted by Gasteiger charge is -2.23. The normalized spacial score (nSPS) is 19.4. The molecule has 1 unspecified atom stereocenters. The maximum Gasteiger partial charge on any atom is 0.158 e. The summed E-state index contributed by atoms with van der Waals surface area (Å²) in [5.74, 6) is 0. The van der Waals surface area contributed by atoms with E-state index in [4.69, 9.17) is 14.7 Å². The summed E-state index contributed by atoms with van der Waals surface area (Å²) in [4.78, 5) is 0. The van der Waals surface area contributed by atoms with Crippen LogP contribution < -0.4 is 0 Å². The third kappa shape index (κ3) is 3.32. The van der Waals surface area contributed by atoms with Gasteiger partial charge in [-0.25, -0.2) is 0 Å². The summed E-state index contributed by atoms with van der Waals surface area (Å²) < 4.78 is 11.3. The number of benzene rings is 1. The largest absolute Gasteiger partial charge is 0.353 e. The van der Waals surface area contributed by atoms with Gasteiger partial charge in [-0.2, -0.15) is 5.26 Å². The molecule has 0 aliphatic carbocycles. The molecule has 0 spiro atoms. The monoisotopic (exact) mass is 245 g/mol. The molecule has 1 saturated heterocycles. The molecule has 1 heterocycles. The first kappa shape index (κ1) is 13.1. The van der Waals surface area contributed by atoms with Gasteiger partial charge < -0.3 is 9.47 Å². The molecular formula is C15H19NO2. The third-order valence-electron chi connectivity index (χ3n) is 3.28. The second kappa shape index (κ2) is 6.53. The predicted octanol–water partition coefficient (Wildman–Crippen LogP) is 3.16. The molecule has 3 heteroatoms. The first-order valence-electron chi connectivity index (χ1n) is 6.58. The highest BCUT2D eigenvalue weighted by atomic mass is 16.7. The maximum atomic E-state index is 8.88. The van der Waals surface area contributed by atoms with Gasteiger partial charge in [0.05, 0.1) is 18.2 Å². The van der Waals surface area contributed by atoms with Crippen LogP contribution in [0.15, 0.2) is 18.2 Å². The lowest BCUT2D eigenvalue weighted by atomic mass is 10.0. The summed E-state index contributed by atoms with van der Waals surface area (Å²) in [6, 6.07) is 7.95. The molecule has 0 aromatic heterocycles. The zero-order valence-corrected chi connectivity index (χ0v) is 10.8. The zero-order valence-electron chi connectivity index (χ0n) is 10.8. The van der Waals surface area contributed by atoms with Crippen molar-refractivity contribution >= 4 is 0 Å². The van der Waals surface area contributed by atoms with Crippen LogP contribution in [-0.4, -0.2) is 12.9 Å². The van der Waals surface area contributed by atoms with Crippen LogP contribution in [0, 0.1) is 11.3 Å². The first-order chi connectivity index (χ1) is 8.83. The van der Waals surface area contributed by atoms with E-state index in [2.05, 4.69) is 13.0 Å². The molecule has 96 valence electrons. The van der Waals surface area contributed by atoms with Gasteiger partial charge in [-0.3, -0.25) is 0 Å². The Kier molecular flexibility index (Phi) is 4.74. The Balaban J connectivity index is 1.98. The van der Waals surface area contributed by atoms with Crippen molar-refractivity contribution in [2.75, 3.05) is 6.61 Å². The van der Waals surface area contributed by atoms with E-state index in [1.807, 2.05) is 18.2 Å². The Morgan fingerprint density at radius 2 is 2.28 bits per heavy atom. The van der Waals surface area contributed by atoms with Gasteiger partial charge in [0.2, 0.25) is 0 Å². The molecule has 1 aliphatic rings. The van der Waals surface area contributed by atoms with Crippen LogP contribution >= 0.6 is 0 Å². The fraction of sp³-hybridized carbons (Fsp3) is 0.533. The van der Waals surface area contributed by atoms with E-state index in [0.29, 0.717) is 12.2 Å². The molecule has 0 saturated carbocycles. The molecule has 1 aromatic rings. The molecule has 1 aliphatic heterocycles. The molecule has 3 nitrogen and oxygen atoms in total. The summed E-state index contributed by atoms with van der Waals surface area (Å²) in [7, 11) is 0. The number of nitrogens with zero attached hydrogens (tertiary/aromatic N) is 1. The van der Waals surface area contributed by atoms with Crippen molar-refractivity contribution in [1.29, 1.82) is 5.26 Å². The van der Waals surface area contributed by atoms with Crippen LogP contribution in [0.5, 0.6) is 0 Å². The minimum absolute atomic E-state index is 0.0564.